The zero-order chi connectivity index (χ0) is 14.7. The van der Waals surface area contributed by atoms with E-state index < -0.39 is 17.8 Å². The number of carboxylic acids is 1. The fourth-order valence-electron chi connectivity index (χ4n) is 2.00. The van der Waals surface area contributed by atoms with Crippen molar-refractivity contribution in [3.8, 4) is 0 Å². The Balaban J connectivity index is 2.34. The molecule has 0 bridgehead atoms. The highest BCUT2D eigenvalue weighted by Crippen LogP contribution is 2.21. The maximum absolute atomic E-state index is 13.1. The highest BCUT2D eigenvalue weighted by Gasteiger charge is 2.19. The maximum atomic E-state index is 13.1. The number of aliphatic carboxylic acids is 1. The number of fused-ring (bicyclic) bond motifs is 1. The zero-order valence-electron chi connectivity index (χ0n) is 11.3. The Morgan fingerprint density at radius 2 is 2.20 bits per heavy atom. The van der Waals surface area contributed by atoms with E-state index in [0.717, 1.165) is 6.20 Å². The molecule has 2 heterocycles. The lowest BCUT2D eigenvalue weighted by Gasteiger charge is -2.18. The smallest absolute Gasteiger partial charge is 0.326 e. The van der Waals surface area contributed by atoms with E-state index >= 15 is 0 Å². The molecule has 2 aromatic heterocycles. The summed E-state index contributed by atoms with van der Waals surface area (Å²) in [5.41, 5.74) is 1.40. The van der Waals surface area contributed by atoms with Gasteiger partial charge in [-0.3, -0.25) is 4.98 Å². The van der Waals surface area contributed by atoms with Crippen molar-refractivity contribution in [3.63, 3.8) is 0 Å². The number of carbonyl (C=O) groups is 1. The van der Waals surface area contributed by atoms with E-state index in [1.807, 2.05) is 13.8 Å². The van der Waals surface area contributed by atoms with Crippen LogP contribution in [0, 0.1) is 11.7 Å². The van der Waals surface area contributed by atoms with Crippen LogP contribution >= 0.6 is 0 Å². The third kappa shape index (κ3) is 3.20. The van der Waals surface area contributed by atoms with Crippen molar-refractivity contribution >= 4 is 22.7 Å². The predicted octanol–water partition coefficient (Wildman–Crippen LogP) is 2.68. The average Bonchev–Trinajstić information content (AvgIpc) is 2.37. The van der Waals surface area contributed by atoms with Gasteiger partial charge in [0.15, 0.2) is 0 Å². The molecule has 1 unspecified atom stereocenters. The van der Waals surface area contributed by atoms with Gasteiger partial charge >= 0.3 is 5.97 Å². The molecule has 20 heavy (non-hydrogen) atoms. The standard InChI is InChI=1S/C14H16FN3O2/c1-8(2)5-12(14(19)20)18-10-3-4-16-11-6-9(15)7-17-13(10)11/h3-4,6-8,12H,5H2,1-2H3,(H,16,18)(H,19,20). The van der Waals surface area contributed by atoms with Crippen LogP contribution in [0.3, 0.4) is 0 Å². The number of nitrogens with one attached hydrogen (secondary N) is 1. The monoisotopic (exact) mass is 277 g/mol. The van der Waals surface area contributed by atoms with E-state index in [1.165, 1.54) is 12.3 Å². The summed E-state index contributed by atoms with van der Waals surface area (Å²) in [6.07, 6.45) is 3.08. The normalized spacial score (nSPS) is 12.6. The van der Waals surface area contributed by atoms with Gasteiger partial charge in [-0.2, -0.15) is 0 Å². The number of rotatable bonds is 5. The molecular formula is C14H16FN3O2. The molecule has 2 rings (SSSR count). The van der Waals surface area contributed by atoms with Gasteiger partial charge in [-0.05, 0) is 18.4 Å². The van der Waals surface area contributed by atoms with Crippen LogP contribution < -0.4 is 5.32 Å². The van der Waals surface area contributed by atoms with Crippen molar-refractivity contribution in [2.75, 3.05) is 5.32 Å². The molecule has 0 aliphatic heterocycles. The summed E-state index contributed by atoms with van der Waals surface area (Å²) in [5.74, 6) is -1.16. The Kier molecular flexibility index (Phi) is 4.12. The van der Waals surface area contributed by atoms with Crippen LogP contribution in [0.5, 0.6) is 0 Å². The molecular weight excluding hydrogens is 261 g/mol. The first-order valence-corrected chi connectivity index (χ1v) is 6.37. The summed E-state index contributed by atoms with van der Waals surface area (Å²) in [6.45, 7) is 3.91. The minimum absolute atomic E-state index is 0.238. The van der Waals surface area contributed by atoms with Gasteiger partial charge in [0.1, 0.15) is 17.4 Å². The summed E-state index contributed by atoms with van der Waals surface area (Å²) in [6, 6.07) is 2.20. The van der Waals surface area contributed by atoms with E-state index in [1.54, 1.807) is 6.07 Å². The molecule has 0 aromatic carbocycles. The topological polar surface area (TPSA) is 75.1 Å². The van der Waals surface area contributed by atoms with Crippen LogP contribution in [0.2, 0.25) is 0 Å². The lowest BCUT2D eigenvalue weighted by atomic mass is 10.0. The second kappa shape index (κ2) is 5.81. The van der Waals surface area contributed by atoms with E-state index in [9.17, 15) is 14.3 Å². The van der Waals surface area contributed by atoms with Crippen LogP contribution in [0.1, 0.15) is 20.3 Å². The minimum Gasteiger partial charge on any atom is -0.480 e. The van der Waals surface area contributed by atoms with Crippen molar-refractivity contribution in [3.05, 3.63) is 30.3 Å². The predicted molar refractivity (Wildman–Crippen MR) is 74.0 cm³/mol. The van der Waals surface area contributed by atoms with Gasteiger partial charge in [0.2, 0.25) is 0 Å². The van der Waals surface area contributed by atoms with Gasteiger partial charge in [-0.1, -0.05) is 13.8 Å². The van der Waals surface area contributed by atoms with Crippen molar-refractivity contribution in [2.45, 2.75) is 26.3 Å². The third-order valence-corrected chi connectivity index (χ3v) is 2.88. The molecule has 2 aromatic rings. The number of hydrogen-bond donors (Lipinski definition) is 2. The van der Waals surface area contributed by atoms with Gasteiger partial charge in [0.05, 0.1) is 17.4 Å². The van der Waals surface area contributed by atoms with Crippen LogP contribution in [0.25, 0.3) is 11.0 Å². The zero-order valence-corrected chi connectivity index (χ0v) is 11.3. The molecule has 5 nitrogen and oxygen atoms in total. The highest BCUT2D eigenvalue weighted by atomic mass is 19.1. The second-order valence-corrected chi connectivity index (χ2v) is 5.04. The fraction of sp³-hybridized carbons (Fsp3) is 0.357. The highest BCUT2D eigenvalue weighted by molar-refractivity contribution is 5.89. The lowest BCUT2D eigenvalue weighted by Crippen LogP contribution is -2.30. The maximum Gasteiger partial charge on any atom is 0.326 e. The summed E-state index contributed by atoms with van der Waals surface area (Å²) in [4.78, 5) is 19.3. The first-order valence-electron chi connectivity index (χ1n) is 6.37. The number of carboxylic acid groups (broad SMARTS) is 1. The summed E-state index contributed by atoms with van der Waals surface area (Å²) < 4.78 is 13.1. The first-order chi connectivity index (χ1) is 9.47. The summed E-state index contributed by atoms with van der Waals surface area (Å²) >= 11 is 0. The average molecular weight is 277 g/mol. The van der Waals surface area contributed by atoms with Gasteiger partial charge in [-0.25, -0.2) is 14.2 Å². The molecule has 0 saturated carbocycles. The second-order valence-electron chi connectivity index (χ2n) is 5.04. The van der Waals surface area contributed by atoms with Crippen molar-refractivity contribution in [1.29, 1.82) is 0 Å². The minimum atomic E-state index is -0.925. The molecule has 6 heteroatoms. The van der Waals surface area contributed by atoms with E-state index in [2.05, 4.69) is 15.3 Å². The van der Waals surface area contributed by atoms with E-state index in [-0.39, 0.29) is 5.92 Å². The number of hydrogen-bond acceptors (Lipinski definition) is 4. The van der Waals surface area contributed by atoms with Crippen LogP contribution in [-0.2, 0) is 4.79 Å². The van der Waals surface area contributed by atoms with Crippen LogP contribution in [0.15, 0.2) is 24.5 Å². The molecule has 0 amide bonds. The molecule has 0 fully saturated rings. The molecule has 0 aliphatic rings. The Morgan fingerprint density at radius 1 is 1.45 bits per heavy atom. The Bertz CT molecular complexity index is 631. The largest absolute Gasteiger partial charge is 0.480 e. The van der Waals surface area contributed by atoms with Crippen molar-refractivity contribution < 1.29 is 14.3 Å². The summed E-state index contributed by atoms with van der Waals surface area (Å²) in [7, 11) is 0. The number of aromatic nitrogens is 2. The van der Waals surface area contributed by atoms with Gasteiger partial charge in [0, 0.05) is 12.3 Å². The van der Waals surface area contributed by atoms with Gasteiger partial charge in [-0.15, -0.1) is 0 Å². The fourth-order valence-corrected chi connectivity index (χ4v) is 2.00. The van der Waals surface area contributed by atoms with Crippen molar-refractivity contribution in [1.82, 2.24) is 9.97 Å². The first kappa shape index (κ1) is 14.2. The SMILES string of the molecule is CC(C)CC(Nc1ccnc2cc(F)cnc12)C(=O)O. The molecule has 0 radical (unpaired) electrons. The molecule has 106 valence electrons. The van der Waals surface area contributed by atoms with Crippen LogP contribution in [0.4, 0.5) is 10.1 Å². The van der Waals surface area contributed by atoms with Gasteiger partial charge < -0.3 is 10.4 Å². The van der Waals surface area contributed by atoms with Gasteiger partial charge in [0.25, 0.3) is 0 Å². The van der Waals surface area contributed by atoms with E-state index in [0.29, 0.717) is 23.1 Å². The lowest BCUT2D eigenvalue weighted by molar-refractivity contribution is -0.138. The number of nitrogens with zero attached hydrogens (tertiary/aromatic N) is 2. The van der Waals surface area contributed by atoms with Crippen LogP contribution in [-0.4, -0.2) is 27.1 Å². The molecule has 1 atom stereocenters. The third-order valence-electron chi connectivity index (χ3n) is 2.88. The molecule has 0 saturated heterocycles. The Labute approximate surface area is 115 Å². The Hall–Kier alpha value is -2.24. The molecule has 0 aliphatic carbocycles. The quantitative estimate of drug-likeness (QED) is 0.878. The number of halogens is 1. The molecule has 0 spiro atoms. The van der Waals surface area contributed by atoms with E-state index in [4.69, 9.17) is 0 Å². The number of anilines is 1. The van der Waals surface area contributed by atoms with Crippen molar-refractivity contribution in [2.24, 2.45) is 5.92 Å². The Morgan fingerprint density at radius 3 is 2.85 bits per heavy atom. The number of pyridine rings is 2. The summed E-state index contributed by atoms with van der Waals surface area (Å²) in [5, 5.41) is 12.2. The molecule has 2 N–H and O–H groups in total.